The molecule has 2 saturated heterocycles. The Morgan fingerprint density at radius 3 is 2.72 bits per heavy atom. The molecule has 3 rings (SSSR count). The standard InChI is InChI=1S/C14H18N2O2/c15-7-10-2-1-3-11(6-10)14(17)16-8-12-4-5-13(9-16)18-12/h1-3,6,12-13H,4-5,7-9,15H2. The molecule has 0 aromatic heterocycles. The molecule has 4 heteroatoms. The van der Waals surface area contributed by atoms with Crippen LogP contribution < -0.4 is 5.73 Å². The van der Waals surface area contributed by atoms with Gasteiger partial charge in [-0.15, -0.1) is 0 Å². The number of morpholine rings is 1. The molecule has 2 aliphatic rings. The molecule has 18 heavy (non-hydrogen) atoms. The second-order valence-electron chi connectivity index (χ2n) is 5.07. The molecule has 4 nitrogen and oxygen atoms in total. The van der Waals surface area contributed by atoms with Gasteiger partial charge in [-0.2, -0.15) is 0 Å². The molecule has 1 aromatic carbocycles. The molecular weight excluding hydrogens is 228 g/mol. The van der Waals surface area contributed by atoms with Gasteiger partial charge < -0.3 is 15.4 Å². The largest absolute Gasteiger partial charge is 0.371 e. The van der Waals surface area contributed by atoms with Crippen molar-refractivity contribution in [2.45, 2.75) is 31.6 Å². The van der Waals surface area contributed by atoms with Gasteiger partial charge in [0, 0.05) is 25.2 Å². The molecule has 0 aliphatic carbocycles. The summed E-state index contributed by atoms with van der Waals surface area (Å²) in [5.74, 6) is 0.102. The molecule has 2 unspecified atom stereocenters. The van der Waals surface area contributed by atoms with Crippen LogP contribution >= 0.6 is 0 Å². The van der Waals surface area contributed by atoms with Gasteiger partial charge in [0.05, 0.1) is 12.2 Å². The van der Waals surface area contributed by atoms with Crippen LogP contribution in [0.15, 0.2) is 24.3 Å². The van der Waals surface area contributed by atoms with Crippen LogP contribution in [-0.4, -0.2) is 36.1 Å². The molecule has 2 aliphatic heterocycles. The lowest BCUT2D eigenvalue weighted by atomic mass is 10.1. The summed E-state index contributed by atoms with van der Waals surface area (Å²) in [6.07, 6.45) is 2.64. The first-order valence-electron chi connectivity index (χ1n) is 6.50. The summed E-state index contributed by atoms with van der Waals surface area (Å²) in [6.45, 7) is 1.92. The normalized spacial score (nSPS) is 26.4. The molecule has 2 atom stereocenters. The fraction of sp³-hybridized carbons (Fsp3) is 0.500. The third kappa shape index (κ3) is 2.13. The fourth-order valence-electron chi connectivity index (χ4n) is 2.79. The van der Waals surface area contributed by atoms with Crippen molar-refractivity contribution in [3.05, 3.63) is 35.4 Å². The van der Waals surface area contributed by atoms with E-state index in [1.165, 1.54) is 0 Å². The maximum Gasteiger partial charge on any atom is 0.254 e. The van der Waals surface area contributed by atoms with Crippen LogP contribution in [0.1, 0.15) is 28.8 Å². The Hall–Kier alpha value is -1.39. The quantitative estimate of drug-likeness (QED) is 0.851. The topological polar surface area (TPSA) is 55.6 Å². The first-order valence-corrected chi connectivity index (χ1v) is 6.50. The highest BCUT2D eigenvalue weighted by molar-refractivity contribution is 5.94. The van der Waals surface area contributed by atoms with E-state index in [1.54, 1.807) is 0 Å². The SMILES string of the molecule is NCc1cccc(C(=O)N2CC3CCC(C2)O3)c1. The molecule has 2 N–H and O–H groups in total. The summed E-state index contributed by atoms with van der Waals surface area (Å²) in [5, 5.41) is 0. The van der Waals surface area contributed by atoms with Crippen LogP contribution in [0.3, 0.4) is 0 Å². The van der Waals surface area contributed by atoms with Gasteiger partial charge in [0.1, 0.15) is 0 Å². The Bertz CT molecular complexity index is 449. The predicted molar refractivity (Wildman–Crippen MR) is 68.1 cm³/mol. The molecule has 2 heterocycles. The number of ether oxygens (including phenoxy) is 1. The second-order valence-corrected chi connectivity index (χ2v) is 5.07. The Balaban J connectivity index is 1.77. The van der Waals surface area contributed by atoms with Crippen molar-refractivity contribution in [1.29, 1.82) is 0 Å². The van der Waals surface area contributed by atoms with Gasteiger partial charge in [-0.1, -0.05) is 12.1 Å². The van der Waals surface area contributed by atoms with E-state index in [2.05, 4.69) is 0 Å². The number of carbonyl (C=O) groups excluding carboxylic acids is 1. The third-order valence-corrected chi connectivity index (χ3v) is 3.74. The van der Waals surface area contributed by atoms with Crippen LogP contribution in [0.4, 0.5) is 0 Å². The van der Waals surface area contributed by atoms with Gasteiger partial charge in [-0.25, -0.2) is 0 Å². The van der Waals surface area contributed by atoms with Crippen LogP contribution in [0.25, 0.3) is 0 Å². The van der Waals surface area contributed by atoms with E-state index in [9.17, 15) is 4.79 Å². The minimum atomic E-state index is 0.102. The van der Waals surface area contributed by atoms with Crippen LogP contribution in [0.5, 0.6) is 0 Å². The summed E-state index contributed by atoms with van der Waals surface area (Å²) in [5.41, 5.74) is 7.34. The van der Waals surface area contributed by atoms with Crippen molar-refractivity contribution >= 4 is 5.91 Å². The lowest BCUT2D eigenvalue weighted by Gasteiger charge is -2.32. The van der Waals surface area contributed by atoms with E-state index in [0.29, 0.717) is 6.54 Å². The van der Waals surface area contributed by atoms with Crippen LogP contribution in [-0.2, 0) is 11.3 Å². The van der Waals surface area contributed by atoms with Crippen molar-refractivity contribution < 1.29 is 9.53 Å². The van der Waals surface area contributed by atoms with E-state index >= 15 is 0 Å². The highest BCUT2D eigenvalue weighted by atomic mass is 16.5. The number of hydrogen-bond donors (Lipinski definition) is 1. The molecule has 0 saturated carbocycles. The van der Waals surface area contributed by atoms with Gasteiger partial charge in [-0.3, -0.25) is 4.79 Å². The molecular formula is C14H18N2O2. The molecule has 96 valence electrons. The van der Waals surface area contributed by atoms with Crippen molar-refractivity contribution in [3.8, 4) is 0 Å². The van der Waals surface area contributed by atoms with Gasteiger partial charge >= 0.3 is 0 Å². The number of carbonyl (C=O) groups is 1. The summed E-state index contributed by atoms with van der Waals surface area (Å²) >= 11 is 0. The lowest BCUT2D eigenvalue weighted by molar-refractivity contribution is -0.0303. The molecule has 0 radical (unpaired) electrons. The fourth-order valence-corrected chi connectivity index (χ4v) is 2.79. The average Bonchev–Trinajstić information content (AvgIpc) is 2.76. The molecule has 0 spiro atoms. The minimum Gasteiger partial charge on any atom is -0.371 e. The number of fused-ring (bicyclic) bond motifs is 2. The maximum atomic E-state index is 12.4. The van der Waals surface area contributed by atoms with Crippen molar-refractivity contribution in [2.24, 2.45) is 5.73 Å². The summed E-state index contributed by atoms with van der Waals surface area (Å²) in [7, 11) is 0. The number of rotatable bonds is 2. The predicted octanol–water partition coefficient (Wildman–Crippen LogP) is 1.15. The monoisotopic (exact) mass is 246 g/mol. The van der Waals surface area contributed by atoms with E-state index in [-0.39, 0.29) is 18.1 Å². The van der Waals surface area contributed by atoms with E-state index in [0.717, 1.165) is 37.1 Å². The van der Waals surface area contributed by atoms with Crippen LogP contribution in [0, 0.1) is 0 Å². The van der Waals surface area contributed by atoms with E-state index < -0.39 is 0 Å². The molecule has 2 fully saturated rings. The Morgan fingerprint density at radius 1 is 1.33 bits per heavy atom. The van der Waals surface area contributed by atoms with Gasteiger partial charge in [0.15, 0.2) is 0 Å². The van der Waals surface area contributed by atoms with Gasteiger partial charge in [0.25, 0.3) is 5.91 Å². The number of nitrogens with two attached hydrogens (primary N) is 1. The van der Waals surface area contributed by atoms with Gasteiger partial charge in [0.2, 0.25) is 0 Å². The van der Waals surface area contributed by atoms with Crippen LogP contribution in [0.2, 0.25) is 0 Å². The third-order valence-electron chi connectivity index (χ3n) is 3.74. The van der Waals surface area contributed by atoms with Crippen molar-refractivity contribution in [3.63, 3.8) is 0 Å². The minimum absolute atomic E-state index is 0.102. The summed E-state index contributed by atoms with van der Waals surface area (Å²) in [6, 6.07) is 7.59. The highest BCUT2D eigenvalue weighted by Crippen LogP contribution is 2.27. The second kappa shape index (κ2) is 4.71. The Kier molecular flexibility index (Phi) is 3.06. The summed E-state index contributed by atoms with van der Waals surface area (Å²) < 4.78 is 5.74. The number of likely N-dealkylation sites (tertiary alicyclic amines) is 1. The Labute approximate surface area is 107 Å². The first kappa shape index (κ1) is 11.7. The Morgan fingerprint density at radius 2 is 2.06 bits per heavy atom. The molecule has 2 bridgehead atoms. The maximum absolute atomic E-state index is 12.4. The summed E-state index contributed by atoms with van der Waals surface area (Å²) in [4.78, 5) is 14.3. The first-order chi connectivity index (χ1) is 8.76. The number of hydrogen-bond acceptors (Lipinski definition) is 3. The zero-order chi connectivity index (χ0) is 12.5. The number of benzene rings is 1. The average molecular weight is 246 g/mol. The molecule has 1 amide bonds. The van der Waals surface area contributed by atoms with Crippen molar-refractivity contribution in [2.75, 3.05) is 13.1 Å². The molecule has 1 aromatic rings. The van der Waals surface area contributed by atoms with Crippen molar-refractivity contribution in [1.82, 2.24) is 4.90 Å². The lowest BCUT2D eigenvalue weighted by Crippen LogP contribution is -2.45. The zero-order valence-corrected chi connectivity index (χ0v) is 10.3. The van der Waals surface area contributed by atoms with Gasteiger partial charge in [-0.05, 0) is 30.5 Å². The number of nitrogens with zero attached hydrogens (tertiary/aromatic N) is 1. The highest BCUT2D eigenvalue weighted by Gasteiger charge is 2.35. The smallest absolute Gasteiger partial charge is 0.254 e. The van der Waals surface area contributed by atoms with E-state index in [4.69, 9.17) is 10.5 Å². The zero-order valence-electron chi connectivity index (χ0n) is 10.3. The number of amides is 1. The van der Waals surface area contributed by atoms with E-state index in [1.807, 2.05) is 29.2 Å².